The molecule has 0 atom stereocenters. The first-order valence-corrected chi connectivity index (χ1v) is 8.82. The number of aryl methyl sites for hydroxylation is 2. The molecule has 2 rings (SSSR count). The van der Waals surface area contributed by atoms with Crippen LogP contribution in [0.15, 0.2) is 42.5 Å². The Morgan fingerprint density at radius 3 is 2.67 bits per heavy atom. The van der Waals surface area contributed by atoms with E-state index in [4.69, 9.17) is 10.00 Å². The maximum absolute atomic E-state index is 12.0. The molecule has 0 aliphatic heterocycles. The van der Waals surface area contributed by atoms with Gasteiger partial charge in [-0.05, 0) is 55.3 Å². The summed E-state index contributed by atoms with van der Waals surface area (Å²) < 4.78 is 5.58. The number of nitrogens with one attached hydrogen (secondary N) is 1. The van der Waals surface area contributed by atoms with Crippen LogP contribution in [0, 0.1) is 25.2 Å². The molecule has 0 aliphatic carbocycles. The van der Waals surface area contributed by atoms with E-state index in [0.717, 1.165) is 28.3 Å². The predicted molar refractivity (Wildman–Crippen MR) is 98.5 cm³/mol. The molecule has 0 fully saturated rings. The van der Waals surface area contributed by atoms with Crippen LogP contribution in [0.2, 0.25) is 0 Å². The average Bonchev–Trinajstić information content (AvgIpc) is 2.58. The van der Waals surface area contributed by atoms with E-state index in [0.29, 0.717) is 17.9 Å². The van der Waals surface area contributed by atoms with Gasteiger partial charge in [0.1, 0.15) is 5.75 Å². The molecule has 0 saturated heterocycles. The van der Waals surface area contributed by atoms with Gasteiger partial charge < -0.3 is 10.1 Å². The molecule has 2 aromatic rings. The van der Waals surface area contributed by atoms with Crippen molar-refractivity contribution in [1.82, 2.24) is 0 Å². The maximum atomic E-state index is 12.0. The van der Waals surface area contributed by atoms with Gasteiger partial charge in [0, 0.05) is 11.4 Å². The van der Waals surface area contributed by atoms with Gasteiger partial charge in [-0.15, -0.1) is 11.8 Å². The van der Waals surface area contributed by atoms with E-state index in [1.165, 1.54) is 11.8 Å². The number of hydrogen-bond donors (Lipinski definition) is 1. The van der Waals surface area contributed by atoms with Crippen molar-refractivity contribution in [3.05, 3.63) is 59.2 Å². The molecular weight excluding hydrogens is 320 g/mol. The SMILES string of the molecule is Cc1ccc(C)c(NC(=O)CSCCOc2ccc(C#N)cc2)c1. The van der Waals surface area contributed by atoms with Gasteiger partial charge in [-0.25, -0.2) is 0 Å². The number of nitrogens with zero attached hydrogens (tertiary/aromatic N) is 1. The Bertz CT molecular complexity index is 736. The van der Waals surface area contributed by atoms with Crippen molar-refractivity contribution in [2.45, 2.75) is 13.8 Å². The molecule has 0 spiro atoms. The number of hydrogen-bond acceptors (Lipinski definition) is 4. The lowest BCUT2D eigenvalue weighted by Gasteiger charge is -2.09. The highest BCUT2D eigenvalue weighted by Crippen LogP contribution is 2.17. The van der Waals surface area contributed by atoms with E-state index < -0.39 is 0 Å². The van der Waals surface area contributed by atoms with Gasteiger partial charge in [-0.3, -0.25) is 4.79 Å². The summed E-state index contributed by atoms with van der Waals surface area (Å²) in [6.07, 6.45) is 0. The van der Waals surface area contributed by atoms with Gasteiger partial charge in [-0.2, -0.15) is 5.26 Å². The highest BCUT2D eigenvalue weighted by molar-refractivity contribution is 7.99. The van der Waals surface area contributed by atoms with Crippen LogP contribution < -0.4 is 10.1 Å². The zero-order chi connectivity index (χ0) is 17.4. The van der Waals surface area contributed by atoms with Crippen LogP contribution in [-0.2, 0) is 4.79 Å². The van der Waals surface area contributed by atoms with Gasteiger partial charge in [0.25, 0.3) is 0 Å². The van der Waals surface area contributed by atoms with E-state index in [-0.39, 0.29) is 5.91 Å². The smallest absolute Gasteiger partial charge is 0.234 e. The highest BCUT2D eigenvalue weighted by atomic mass is 32.2. The number of thioether (sulfide) groups is 1. The number of carbonyl (C=O) groups is 1. The fourth-order valence-electron chi connectivity index (χ4n) is 2.07. The lowest BCUT2D eigenvalue weighted by Crippen LogP contribution is -2.16. The molecule has 0 bridgehead atoms. The molecule has 0 aliphatic rings. The molecule has 2 aromatic carbocycles. The minimum atomic E-state index is -0.00734. The Kier molecular flexibility index (Phi) is 6.71. The highest BCUT2D eigenvalue weighted by Gasteiger charge is 2.05. The molecule has 0 unspecified atom stereocenters. The second kappa shape index (κ2) is 8.99. The van der Waals surface area contributed by atoms with E-state index in [2.05, 4.69) is 11.4 Å². The average molecular weight is 340 g/mol. The second-order valence-corrected chi connectivity index (χ2v) is 6.51. The summed E-state index contributed by atoms with van der Waals surface area (Å²) in [5.41, 5.74) is 3.66. The molecule has 0 heterocycles. The topological polar surface area (TPSA) is 62.1 Å². The molecule has 0 saturated carbocycles. The normalized spacial score (nSPS) is 10.0. The van der Waals surface area contributed by atoms with E-state index in [9.17, 15) is 4.79 Å². The van der Waals surface area contributed by atoms with Gasteiger partial charge in [0.15, 0.2) is 0 Å². The van der Waals surface area contributed by atoms with Crippen molar-refractivity contribution in [2.24, 2.45) is 0 Å². The summed E-state index contributed by atoms with van der Waals surface area (Å²) in [4.78, 5) is 12.0. The molecule has 1 amide bonds. The van der Waals surface area contributed by atoms with Crippen LogP contribution in [0.4, 0.5) is 5.69 Å². The number of rotatable bonds is 7. The number of amides is 1. The molecule has 1 N–H and O–H groups in total. The van der Waals surface area contributed by atoms with Gasteiger partial charge in [0.05, 0.1) is 24.0 Å². The minimum absolute atomic E-state index is 0.00734. The third kappa shape index (κ3) is 5.64. The Morgan fingerprint density at radius 1 is 1.21 bits per heavy atom. The Balaban J connectivity index is 1.67. The molecule has 5 heteroatoms. The lowest BCUT2D eigenvalue weighted by atomic mass is 10.1. The maximum Gasteiger partial charge on any atom is 0.234 e. The summed E-state index contributed by atoms with van der Waals surface area (Å²) in [6, 6.07) is 15.1. The van der Waals surface area contributed by atoms with Gasteiger partial charge >= 0.3 is 0 Å². The Morgan fingerprint density at radius 2 is 1.96 bits per heavy atom. The minimum Gasteiger partial charge on any atom is -0.493 e. The molecule has 0 aromatic heterocycles. The summed E-state index contributed by atoms with van der Waals surface area (Å²) in [6.45, 7) is 4.51. The molecule has 124 valence electrons. The monoisotopic (exact) mass is 340 g/mol. The van der Waals surface area contributed by atoms with Crippen LogP contribution in [0.1, 0.15) is 16.7 Å². The zero-order valence-electron chi connectivity index (χ0n) is 13.8. The largest absolute Gasteiger partial charge is 0.493 e. The summed E-state index contributed by atoms with van der Waals surface area (Å²) in [7, 11) is 0. The molecular formula is C19H20N2O2S. The first-order chi connectivity index (χ1) is 11.6. The number of benzene rings is 2. The lowest BCUT2D eigenvalue weighted by molar-refractivity contribution is -0.113. The van der Waals surface area contributed by atoms with Crippen LogP contribution >= 0.6 is 11.8 Å². The number of anilines is 1. The van der Waals surface area contributed by atoms with Crippen LogP contribution in [0.5, 0.6) is 5.75 Å². The Hall–Kier alpha value is -2.45. The van der Waals surface area contributed by atoms with Crippen molar-refractivity contribution >= 4 is 23.4 Å². The summed E-state index contributed by atoms with van der Waals surface area (Å²) in [5, 5.41) is 11.7. The molecule has 0 radical (unpaired) electrons. The summed E-state index contributed by atoms with van der Waals surface area (Å²) >= 11 is 1.53. The fraction of sp³-hybridized carbons (Fsp3) is 0.263. The van der Waals surface area contributed by atoms with Crippen molar-refractivity contribution < 1.29 is 9.53 Å². The zero-order valence-corrected chi connectivity index (χ0v) is 14.7. The number of carbonyl (C=O) groups excluding carboxylic acids is 1. The van der Waals surface area contributed by atoms with Gasteiger partial charge in [0.2, 0.25) is 5.91 Å². The van der Waals surface area contributed by atoms with Crippen LogP contribution in [-0.4, -0.2) is 24.0 Å². The first kappa shape index (κ1) is 17.9. The predicted octanol–water partition coefficient (Wildman–Crippen LogP) is 3.93. The van der Waals surface area contributed by atoms with Crippen molar-refractivity contribution in [3.8, 4) is 11.8 Å². The summed E-state index contributed by atoms with van der Waals surface area (Å²) in [5.74, 6) is 1.84. The Labute approximate surface area is 146 Å². The number of ether oxygens (including phenoxy) is 1. The molecule has 24 heavy (non-hydrogen) atoms. The first-order valence-electron chi connectivity index (χ1n) is 7.66. The number of nitriles is 1. The third-order valence-electron chi connectivity index (χ3n) is 3.38. The standard InChI is InChI=1S/C19H20N2O2S/c1-14-3-4-15(2)18(11-14)21-19(22)13-24-10-9-23-17-7-5-16(12-20)6-8-17/h3-8,11H,9-10,13H2,1-2H3,(H,21,22). The van der Waals surface area contributed by atoms with Crippen LogP contribution in [0.25, 0.3) is 0 Å². The van der Waals surface area contributed by atoms with E-state index in [1.807, 2.05) is 32.0 Å². The quantitative estimate of drug-likeness (QED) is 0.776. The van der Waals surface area contributed by atoms with Gasteiger partial charge in [-0.1, -0.05) is 12.1 Å². The van der Waals surface area contributed by atoms with E-state index >= 15 is 0 Å². The van der Waals surface area contributed by atoms with E-state index in [1.54, 1.807) is 24.3 Å². The van der Waals surface area contributed by atoms with Crippen molar-refractivity contribution in [2.75, 3.05) is 23.4 Å². The second-order valence-electron chi connectivity index (χ2n) is 5.40. The van der Waals surface area contributed by atoms with Crippen molar-refractivity contribution in [1.29, 1.82) is 5.26 Å². The van der Waals surface area contributed by atoms with Crippen LogP contribution in [0.3, 0.4) is 0 Å². The van der Waals surface area contributed by atoms with Crippen molar-refractivity contribution in [3.63, 3.8) is 0 Å². The third-order valence-corrected chi connectivity index (χ3v) is 4.30. The fourth-order valence-corrected chi connectivity index (χ4v) is 2.67. The molecule has 4 nitrogen and oxygen atoms in total.